The molecule has 0 fully saturated rings. The van der Waals surface area contributed by atoms with Gasteiger partial charge in [-0.3, -0.25) is 0 Å². The number of nitrogens with one attached hydrogen (secondary N) is 1. The van der Waals surface area contributed by atoms with Crippen molar-refractivity contribution in [2.24, 2.45) is 0 Å². The minimum Gasteiger partial charge on any atom is -0.384 e. The van der Waals surface area contributed by atoms with Gasteiger partial charge in [-0.15, -0.1) is 0 Å². The monoisotopic (exact) mass is 224 g/mol. The molecule has 17 heavy (non-hydrogen) atoms. The molecule has 3 rings (SSSR count). The molecule has 84 valence electrons. The van der Waals surface area contributed by atoms with Crippen LogP contribution in [-0.4, -0.2) is 15.0 Å². The maximum atomic E-state index is 5.66. The highest BCUT2D eigenvalue weighted by Crippen LogP contribution is 2.21. The Morgan fingerprint density at radius 3 is 2.88 bits per heavy atom. The molecule has 4 heteroatoms. The lowest BCUT2D eigenvalue weighted by molar-refractivity contribution is 1.29. The number of hydrogen-bond donors (Lipinski definition) is 2. The van der Waals surface area contributed by atoms with Crippen molar-refractivity contribution in [1.29, 1.82) is 0 Å². The average molecular weight is 224 g/mol. The molecule has 0 aliphatic rings. The van der Waals surface area contributed by atoms with Crippen LogP contribution < -0.4 is 5.73 Å². The number of fused-ring (bicyclic) bond motifs is 1. The molecule has 0 aliphatic carbocycles. The number of imidazole rings is 1. The Kier molecular flexibility index (Phi) is 2.08. The summed E-state index contributed by atoms with van der Waals surface area (Å²) in [6.07, 6.45) is 1.68. The van der Waals surface area contributed by atoms with Crippen molar-refractivity contribution in [1.82, 2.24) is 15.0 Å². The van der Waals surface area contributed by atoms with Gasteiger partial charge in [-0.1, -0.05) is 6.07 Å². The van der Waals surface area contributed by atoms with Crippen molar-refractivity contribution in [3.8, 4) is 11.4 Å². The summed E-state index contributed by atoms with van der Waals surface area (Å²) in [5.74, 6) is 1.32. The van der Waals surface area contributed by atoms with E-state index in [-0.39, 0.29) is 0 Å². The topological polar surface area (TPSA) is 67.6 Å². The van der Waals surface area contributed by atoms with E-state index >= 15 is 0 Å². The van der Waals surface area contributed by atoms with E-state index in [1.54, 1.807) is 6.20 Å². The number of hydrogen-bond acceptors (Lipinski definition) is 3. The van der Waals surface area contributed by atoms with Gasteiger partial charge in [0.15, 0.2) is 0 Å². The Labute approximate surface area is 98.5 Å². The van der Waals surface area contributed by atoms with Crippen molar-refractivity contribution in [3.63, 3.8) is 0 Å². The summed E-state index contributed by atoms with van der Waals surface area (Å²) in [6, 6.07) is 9.84. The predicted octanol–water partition coefficient (Wildman–Crippen LogP) is 2.52. The van der Waals surface area contributed by atoms with Gasteiger partial charge in [-0.25, -0.2) is 9.97 Å². The first-order chi connectivity index (χ1) is 8.22. The number of rotatable bonds is 1. The van der Waals surface area contributed by atoms with E-state index < -0.39 is 0 Å². The van der Waals surface area contributed by atoms with E-state index in [0.717, 1.165) is 22.4 Å². The first kappa shape index (κ1) is 9.84. The zero-order valence-electron chi connectivity index (χ0n) is 9.44. The van der Waals surface area contributed by atoms with E-state index in [9.17, 15) is 0 Å². The van der Waals surface area contributed by atoms with Crippen molar-refractivity contribution in [3.05, 3.63) is 42.1 Å². The lowest BCUT2D eigenvalue weighted by Gasteiger charge is -1.96. The summed E-state index contributed by atoms with van der Waals surface area (Å²) in [7, 11) is 0. The van der Waals surface area contributed by atoms with Crippen LogP contribution >= 0.6 is 0 Å². The number of anilines is 1. The molecule has 2 heterocycles. The number of aryl methyl sites for hydroxylation is 1. The second-order valence-corrected chi connectivity index (χ2v) is 4.08. The highest BCUT2D eigenvalue weighted by molar-refractivity contribution is 5.80. The predicted molar refractivity (Wildman–Crippen MR) is 68.5 cm³/mol. The van der Waals surface area contributed by atoms with Gasteiger partial charge in [0, 0.05) is 11.8 Å². The van der Waals surface area contributed by atoms with Gasteiger partial charge in [0.05, 0.1) is 11.0 Å². The lowest BCUT2D eigenvalue weighted by atomic mass is 10.2. The first-order valence-electron chi connectivity index (χ1n) is 5.41. The van der Waals surface area contributed by atoms with Crippen LogP contribution in [0.2, 0.25) is 0 Å². The Hall–Kier alpha value is -2.36. The number of nitrogen functional groups attached to an aromatic ring is 1. The van der Waals surface area contributed by atoms with Crippen LogP contribution in [0.3, 0.4) is 0 Å². The summed E-state index contributed by atoms with van der Waals surface area (Å²) >= 11 is 0. The van der Waals surface area contributed by atoms with Crippen LogP contribution in [0.15, 0.2) is 36.5 Å². The molecule has 0 aliphatic heterocycles. The minimum atomic E-state index is 0.499. The third-order valence-electron chi connectivity index (χ3n) is 2.69. The molecule has 1 aromatic carbocycles. The summed E-state index contributed by atoms with van der Waals surface area (Å²) in [5.41, 5.74) is 9.82. The van der Waals surface area contributed by atoms with Crippen LogP contribution in [-0.2, 0) is 0 Å². The van der Waals surface area contributed by atoms with Gasteiger partial charge >= 0.3 is 0 Å². The molecule has 0 saturated carbocycles. The third kappa shape index (κ3) is 1.73. The van der Waals surface area contributed by atoms with E-state index in [2.05, 4.69) is 27.9 Å². The van der Waals surface area contributed by atoms with Crippen molar-refractivity contribution in [2.45, 2.75) is 6.92 Å². The standard InChI is InChI=1S/C13H12N4/c1-8-2-3-10-11(6-8)17-13(16-10)9-4-5-15-12(14)7-9/h2-7H,1H3,(H2,14,15)(H,16,17). The molecular formula is C13H12N4. The number of pyridine rings is 1. The normalized spacial score (nSPS) is 10.9. The third-order valence-corrected chi connectivity index (χ3v) is 2.69. The highest BCUT2D eigenvalue weighted by atomic mass is 14.9. The average Bonchev–Trinajstić information content (AvgIpc) is 2.72. The lowest BCUT2D eigenvalue weighted by Crippen LogP contribution is -1.90. The fourth-order valence-corrected chi connectivity index (χ4v) is 1.86. The van der Waals surface area contributed by atoms with Gasteiger partial charge < -0.3 is 10.7 Å². The van der Waals surface area contributed by atoms with E-state index in [1.165, 1.54) is 5.56 Å². The SMILES string of the molecule is Cc1ccc2nc(-c3ccnc(N)c3)[nH]c2c1. The molecule has 0 saturated heterocycles. The van der Waals surface area contributed by atoms with E-state index in [1.807, 2.05) is 24.3 Å². The Balaban J connectivity index is 2.18. The van der Waals surface area contributed by atoms with Crippen molar-refractivity contribution in [2.75, 3.05) is 5.73 Å². The number of aromatic amines is 1. The summed E-state index contributed by atoms with van der Waals surface area (Å²) in [5, 5.41) is 0. The van der Waals surface area contributed by atoms with Gasteiger partial charge in [0.1, 0.15) is 11.6 Å². The Morgan fingerprint density at radius 1 is 1.18 bits per heavy atom. The molecule has 3 N–H and O–H groups in total. The minimum absolute atomic E-state index is 0.499. The van der Waals surface area contributed by atoms with Gasteiger partial charge in [-0.05, 0) is 36.8 Å². The molecule has 0 bridgehead atoms. The summed E-state index contributed by atoms with van der Waals surface area (Å²) < 4.78 is 0. The quantitative estimate of drug-likeness (QED) is 0.667. The van der Waals surface area contributed by atoms with Gasteiger partial charge in [-0.2, -0.15) is 0 Å². The van der Waals surface area contributed by atoms with Crippen LogP contribution in [0, 0.1) is 6.92 Å². The van der Waals surface area contributed by atoms with Crippen molar-refractivity contribution >= 4 is 16.9 Å². The Morgan fingerprint density at radius 2 is 2.06 bits per heavy atom. The molecule has 0 radical (unpaired) electrons. The second-order valence-electron chi connectivity index (χ2n) is 4.08. The first-order valence-corrected chi connectivity index (χ1v) is 5.41. The maximum Gasteiger partial charge on any atom is 0.138 e. The van der Waals surface area contributed by atoms with Crippen molar-refractivity contribution < 1.29 is 0 Å². The largest absolute Gasteiger partial charge is 0.384 e. The molecule has 0 atom stereocenters. The molecular weight excluding hydrogens is 212 g/mol. The summed E-state index contributed by atoms with van der Waals surface area (Å²) in [4.78, 5) is 11.8. The smallest absolute Gasteiger partial charge is 0.138 e. The molecule has 3 aromatic rings. The highest BCUT2D eigenvalue weighted by Gasteiger charge is 2.05. The number of nitrogens with two attached hydrogens (primary N) is 1. The number of benzene rings is 1. The number of H-pyrrole nitrogens is 1. The summed E-state index contributed by atoms with van der Waals surface area (Å²) in [6.45, 7) is 2.06. The Bertz CT molecular complexity index is 685. The number of aromatic nitrogens is 3. The van der Waals surface area contributed by atoms with E-state index in [0.29, 0.717) is 5.82 Å². The zero-order chi connectivity index (χ0) is 11.8. The molecule has 0 unspecified atom stereocenters. The van der Waals surface area contributed by atoms with Crippen LogP contribution in [0.4, 0.5) is 5.82 Å². The number of nitrogens with zero attached hydrogens (tertiary/aromatic N) is 2. The fraction of sp³-hybridized carbons (Fsp3) is 0.0769. The van der Waals surface area contributed by atoms with E-state index in [4.69, 9.17) is 5.73 Å². The second kappa shape index (κ2) is 3.59. The van der Waals surface area contributed by atoms with Crippen LogP contribution in [0.25, 0.3) is 22.4 Å². The fourth-order valence-electron chi connectivity index (χ4n) is 1.86. The maximum absolute atomic E-state index is 5.66. The van der Waals surface area contributed by atoms with Gasteiger partial charge in [0.2, 0.25) is 0 Å². The molecule has 0 spiro atoms. The molecule has 0 amide bonds. The van der Waals surface area contributed by atoms with Gasteiger partial charge in [0.25, 0.3) is 0 Å². The molecule has 2 aromatic heterocycles. The van der Waals surface area contributed by atoms with Crippen LogP contribution in [0.1, 0.15) is 5.56 Å². The van der Waals surface area contributed by atoms with Crippen LogP contribution in [0.5, 0.6) is 0 Å². The molecule has 4 nitrogen and oxygen atoms in total. The zero-order valence-corrected chi connectivity index (χ0v) is 9.44.